The normalized spacial score (nSPS) is 15.2. The zero-order chi connectivity index (χ0) is 18.0. The summed E-state index contributed by atoms with van der Waals surface area (Å²) in [5.74, 6) is 0. The molecule has 1 aliphatic rings. The molecule has 27 heavy (non-hydrogen) atoms. The Kier molecular flexibility index (Phi) is 3.03. The smallest absolute Gasteiger partial charge is 0.133 e. The Balaban J connectivity index is 1.79. The Labute approximate surface area is 157 Å². The van der Waals surface area contributed by atoms with Crippen LogP contribution in [0.4, 0.5) is 0 Å². The molecule has 0 saturated carbocycles. The first-order valence-electron chi connectivity index (χ1n) is 9.10. The first kappa shape index (κ1) is 15.0. The van der Waals surface area contributed by atoms with Gasteiger partial charge in [-0.3, -0.25) is 0 Å². The molecule has 0 N–H and O–H groups in total. The second kappa shape index (κ2) is 5.45. The van der Waals surface area contributed by atoms with E-state index in [-0.39, 0.29) is 0 Å². The van der Waals surface area contributed by atoms with Gasteiger partial charge in [-0.05, 0) is 41.5 Å². The Bertz CT molecular complexity index is 1380. The highest BCUT2D eigenvalue weighted by atomic mass is 31.1. The maximum Gasteiger partial charge on any atom is 0.133 e. The molecule has 1 atom stereocenters. The fourth-order valence-electron chi connectivity index (χ4n) is 4.34. The van der Waals surface area contributed by atoms with Gasteiger partial charge in [0.2, 0.25) is 0 Å². The van der Waals surface area contributed by atoms with Gasteiger partial charge in [-0.25, -0.2) is 0 Å². The summed E-state index contributed by atoms with van der Waals surface area (Å²) in [5.41, 5.74) is 5.66. The SMILES string of the molecule is O=[PH]1c2ccccc2-c2cc3c4ccccc4n(-c4ccccc4)c3cc21. The lowest BCUT2D eigenvalue weighted by molar-refractivity contribution is 0.598. The molecule has 1 aromatic heterocycles. The highest BCUT2D eigenvalue weighted by Gasteiger charge is 2.26. The van der Waals surface area contributed by atoms with Crippen molar-refractivity contribution >= 4 is 40.2 Å². The van der Waals surface area contributed by atoms with E-state index in [1.165, 1.54) is 16.3 Å². The average Bonchev–Trinajstić information content (AvgIpc) is 3.20. The van der Waals surface area contributed by atoms with E-state index in [9.17, 15) is 4.57 Å². The molecule has 0 aliphatic carbocycles. The van der Waals surface area contributed by atoms with Crippen molar-refractivity contribution in [3.8, 4) is 16.8 Å². The van der Waals surface area contributed by atoms with Crippen LogP contribution in [0.25, 0.3) is 38.6 Å². The van der Waals surface area contributed by atoms with Crippen molar-refractivity contribution in [3.63, 3.8) is 0 Å². The van der Waals surface area contributed by atoms with Gasteiger partial charge in [0.25, 0.3) is 0 Å². The number of fused-ring (bicyclic) bond motifs is 6. The predicted octanol–water partition coefficient (Wildman–Crippen LogP) is 5.27. The van der Waals surface area contributed by atoms with Gasteiger partial charge in [-0.1, -0.05) is 60.7 Å². The molecule has 6 rings (SSSR count). The van der Waals surface area contributed by atoms with Crippen LogP contribution in [0.5, 0.6) is 0 Å². The minimum absolute atomic E-state index is 0.980. The molecular formula is C24H16NOP. The summed E-state index contributed by atoms with van der Waals surface area (Å²) < 4.78 is 15.5. The van der Waals surface area contributed by atoms with Crippen LogP contribution in [0.2, 0.25) is 0 Å². The topological polar surface area (TPSA) is 22.0 Å². The number of hydrogen-bond acceptors (Lipinski definition) is 1. The summed E-state index contributed by atoms with van der Waals surface area (Å²) in [5, 5.41) is 4.40. The summed E-state index contributed by atoms with van der Waals surface area (Å²) in [6, 6.07) is 31.4. The summed E-state index contributed by atoms with van der Waals surface area (Å²) in [7, 11) is -1.96. The van der Waals surface area contributed by atoms with E-state index in [0.29, 0.717) is 0 Å². The van der Waals surface area contributed by atoms with Gasteiger partial charge in [0.05, 0.1) is 11.0 Å². The first-order valence-corrected chi connectivity index (χ1v) is 10.5. The van der Waals surface area contributed by atoms with Crippen molar-refractivity contribution in [2.75, 3.05) is 0 Å². The van der Waals surface area contributed by atoms with Crippen molar-refractivity contribution < 1.29 is 4.57 Å². The minimum Gasteiger partial charge on any atom is -0.317 e. The van der Waals surface area contributed by atoms with Crippen molar-refractivity contribution in [2.24, 2.45) is 0 Å². The van der Waals surface area contributed by atoms with Gasteiger partial charge >= 0.3 is 0 Å². The molecule has 2 nitrogen and oxygen atoms in total. The fourth-order valence-corrected chi connectivity index (χ4v) is 6.06. The zero-order valence-corrected chi connectivity index (χ0v) is 15.5. The zero-order valence-electron chi connectivity index (χ0n) is 14.5. The van der Waals surface area contributed by atoms with E-state index in [1.807, 2.05) is 24.3 Å². The Morgan fingerprint density at radius 1 is 0.593 bits per heavy atom. The summed E-state index contributed by atoms with van der Waals surface area (Å²) in [4.78, 5) is 0. The van der Waals surface area contributed by atoms with Gasteiger partial charge in [0.1, 0.15) is 7.80 Å². The Morgan fingerprint density at radius 3 is 2.22 bits per heavy atom. The molecule has 3 heteroatoms. The maximum atomic E-state index is 13.2. The molecule has 128 valence electrons. The predicted molar refractivity (Wildman–Crippen MR) is 114 cm³/mol. The highest BCUT2D eigenvalue weighted by Crippen LogP contribution is 2.41. The Morgan fingerprint density at radius 2 is 1.33 bits per heavy atom. The fraction of sp³-hybridized carbons (Fsp3) is 0. The van der Waals surface area contributed by atoms with Gasteiger partial charge in [-0.15, -0.1) is 0 Å². The first-order chi connectivity index (χ1) is 13.3. The second-order valence-electron chi connectivity index (χ2n) is 6.98. The van der Waals surface area contributed by atoms with Crippen LogP contribution in [0.15, 0.2) is 91.0 Å². The van der Waals surface area contributed by atoms with E-state index in [4.69, 9.17) is 0 Å². The van der Waals surface area contributed by atoms with Crippen LogP contribution in [0.3, 0.4) is 0 Å². The number of para-hydroxylation sites is 2. The monoisotopic (exact) mass is 365 g/mol. The van der Waals surface area contributed by atoms with Crippen LogP contribution >= 0.6 is 7.80 Å². The third kappa shape index (κ3) is 1.99. The molecule has 1 aliphatic heterocycles. The molecule has 4 aromatic carbocycles. The number of benzene rings is 4. The van der Waals surface area contributed by atoms with Crippen LogP contribution in [-0.4, -0.2) is 4.57 Å². The van der Waals surface area contributed by atoms with Gasteiger partial charge in [0, 0.05) is 27.1 Å². The van der Waals surface area contributed by atoms with Gasteiger partial charge in [0.15, 0.2) is 0 Å². The molecule has 0 fully saturated rings. The van der Waals surface area contributed by atoms with Crippen molar-refractivity contribution in [1.82, 2.24) is 4.57 Å². The van der Waals surface area contributed by atoms with E-state index in [1.54, 1.807) is 0 Å². The molecule has 1 unspecified atom stereocenters. The number of nitrogens with zero attached hydrogens (tertiary/aromatic N) is 1. The molecular weight excluding hydrogens is 349 g/mol. The lowest BCUT2D eigenvalue weighted by Gasteiger charge is -2.08. The average molecular weight is 365 g/mol. The van der Waals surface area contributed by atoms with Crippen molar-refractivity contribution in [3.05, 3.63) is 91.0 Å². The van der Waals surface area contributed by atoms with Crippen LogP contribution in [0, 0.1) is 0 Å². The number of hydrogen-bond donors (Lipinski definition) is 0. The summed E-state index contributed by atoms with van der Waals surface area (Å²) in [6.07, 6.45) is 0. The lowest BCUT2D eigenvalue weighted by atomic mass is 10.0. The quantitative estimate of drug-likeness (QED) is 0.364. The van der Waals surface area contributed by atoms with Gasteiger partial charge < -0.3 is 9.13 Å². The van der Waals surface area contributed by atoms with Crippen molar-refractivity contribution in [2.45, 2.75) is 0 Å². The van der Waals surface area contributed by atoms with Crippen LogP contribution in [0.1, 0.15) is 0 Å². The van der Waals surface area contributed by atoms with Crippen molar-refractivity contribution in [1.29, 1.82) is 0 Å². The number of rotatable bonds is 1. The third-order valence-corrected chi connectivity index (χ3v) is 7.36. The van der Waals surface area contributed by atoms with E-state index in [0.717, 1.165) is 32.9 Å². The van der Waals surface area contributed by atoms with E-state index in [2.05, 4.69) is 71.3 Å². The summed E-state index contributed by atoms with van der Waals surface area (Å²) in [6.45, 7) is 0. The van der Waals surface area contributed by atoms with Crippen LogP contribution in [-0.2, 0) is 4.57 Å². The Hall–Kier alpha value is -3.09. The molecule has 5 aromatic rings. The third-order valence-electron chi connectivity index (χ3n) is 5.53. The molecule has 0 radical (unpaired) electrons. The molecule has 0 amide bonds. The molecule has 0 spiro atoms. The van der Waals surface area contributed by atoms with E-state index >= 15 is 0 Å². The molecule has 0 saturated heterocycles. The molecule has 2 heterocycles. The minimum atomic E-state index is -1.96. The van der Waals surface area contributed by atoms with Gasteiger partial charge in [-0.2, -0.15) is 0 Å². The van der Waals surface area contributed by atoms with E-state index < -0.39 is 7.80 Å². The lowest BCUT2D eigenvalue weighted by Crippen LogP contribution is -2.00. The highest BCUT2D eigenvalue weighted by molar-refractivity contribution is 7.63. The molecule has 0 bridgehead atoms. The number of aromatic nitrogens is 1. The van der Waals surface area contributed by atoms with Crippen LogP contribution < -0.4 is 10.6 Å². The maximum absolute atomic E-state index is 13.2. The largest absolute Gasteiger partial charge is 0.317 e. The second-order valence-corrected chi connectivity index (χ2v) is 8.71. The standard InChI is InChI=1S/C24H16NOP/c26-27-23-13-7-5-11-18(23)20-14-19-17-10-4-6-12-21(17)25(22(19)15-24(20)27)16-8-2-1-3-9-16/h1-15,27H. The summed E-state index contributed by atoms with van der Waals surface area (Å²) >= 11 is 0.